The van der Waals surface area contributed by atoms with Crippen LogP contribution < -0.4 is 0 Å². The third kappa shape index (κ3) is 2.11. The minimum absolute atomic E-state index is 0.923. The van der Waals surface area contributed by atoms with Gasteiger partial charge in [-0.25, -0.2) is 4.98 Å². The number of pyridine rings is 3. The summed E-state index contributed by atoms with van der Waals surface area (Å²) in [4.78, 5) is 14.0. The van der Waals surface area contributed by atoms with Gasteiger partial charge in [-0.2, -0.15) is 0 Å². The van der Waals surface area contributed by atoms with Gasteiger partial charge in [-0.1, -0.05) is 42.5 Å². The summed E-state index contributed by atoms with van der Waals surface area (Å²) >= 11 is 0. The first-order valence-electron chi connectivity index (χ1n) is 12.0. The molecule has 2 aliphatic rings. The van der Waals surface area contributed by atoms with Gasteiger partial charge < -0.3 is 0 Å². The summed E-state index contributed by atoms with van der Waals surface area (Å²) < 4.78 is 2.35. The van der Waals surface area contributed by atoms with E-state index in [1.165, 1.54) is 50.0 Å². The first-order valence-corrected chi connectivity index (χ1v) is 12.0. The molecule has 4 heteroatoms. The van der Waals surface area contributed by atoms with Crippen LogP contribution in [0.2, 0.25) is 0 Å². The van der Waals surface area contributed by atoms with Gasteiger partial charge in [-0.05, 0) is 69.1 Å². The van der Waals surface area contributed by atoms with Crippen LogP contribution in [-0.2, 0) is 12.8 Å². The van der Waals surface area contributed by atoms with E-state index in [-0.39, 0.29) is 0 Å². The quantitative estimate of drug-likeness (QED) is 0.243. The van der Waals surface area contributed by atoms with Crippen molar-refractivity contribution in [2.45, 2.75) is 12.8 Å². The average molecular weight is 447 g/mol. The Kier molecular flexibility index (Phi) is 3.11. The van der Waals surface area contributed by atoms with Crippen molar-refractivity contribution in [1.82, 2.24) is 19.4 Å². The fourth-order valence-corrected chi connectivity index (χ4v) is 6.57. The second-order valence-corrected chi connectivity index (χ2v) is 9.69. The molecule has 0 fully saturated rings. The summed E-state index contributed by atoms with van der Waals surface area (Å²) in [6.45, 7) is 0. The zero-order valence-corrected chi connectivity index (χ0v) is 18.8. The van der Waals surface area contributed by atoms with Crippen molar-refractivity contribution in [2.75, 3.05) is 0 Å². The molecule has 0 aliphatic heterocycles. The maximum Gasteiger partial charge on any atom is 0.146 e. The van der Waals surface area contributed by atoms with Crippen molar-refractivity contribution in [3.63, 3.8) is 0 Å². The molecule has 3 aromatic carbocycles. The number of fused-ring (bicyclic) bond motifs is 16. The third-order valence-electron chi connectivity index (χ3n) is 8.00. The predicted molar refractivity (Wildman–Crippen MR) is 140 cm³/mol. The van der Waals surface area contributed by atoms with Gasteiger partial charge in [0.2, 0.25) is 0 Å². The standard InChI is InChI=1S/C31H18N4/c1-2-4-20-17(3-1)13-18-5-6-19-14-23-21(29(19)28(18)20)7-8-26-30(23)35-27-10-12-33-16-25(27)24-15-32-11-9-22(24)31(35)34-26/h1-12,15-16H,13-14H2. The molecule has 9 rings (SSSR count). The van der Waals surface area contributed by atoms with E-state index in [1.54, 1.807) is 0 Å². The summed E-state index contributed by atoms with van der Waals surface area (Å²) in [5, 5.41) is 3.30. The highest BCUT2D eigenvalue weighted by molar-refractivity contribution is 6.14. The van der Waals surface area contributed by atoms with Crippen LogP contribution in [0.3, 0.4) is 0 Å². The molecule has 35 heavy (non-hydrogen) atoms. The zero-order chi connectivity index (χ0) is 22.7. The van der Waals surface area contributed by atoms with Gasteiger partial charge in [0.1, 0.15) is 5.65 Å². The minimum Gasteiger partial charge on any atom is -0.291 e. The van der Waals surface area contributed by atoms with Gasteiger partial charge in [-0.15, -0.1) is 0 Å². The lowest BCUT2D eigenvalue weighted by Gasteiger charge is -2.11. The summed E-state index contributed by atoms with van der Waals surface area (Å²) in [6, 6.07) is 22.2. The number of nitrogens with zero attached hydrogens (tertiary/aromatic N) is 4. The Labute approximate surface area is 200 Å². The monoisotopic (exact) mass is 446 g/mol. The first kappa shape index (κ1) is 17.8. The van der Waals surface area contributed by atoms with E-state index in [1.807, 2.05) is 24.8 Å². The fraction of sp³-hybridized carbons (Fsp3) is 0.0645. The molecule has 2 aliphatic carbocycles. The highest BCUT2D eigenvalue weighted by atomic mass is 15.0. The Bertz CT molecular complexity index is 2070. The smallest absolute Gasteiger partial charge is 0.146 e. The molecular formula is C31H18N4. The number of benzene rings is 3. The summed E-state index contributed by atoms with van der Waals surface area (Å²) in [6.07, 6.45) is 9.55. The zero-order valence-electron chi connectivity index (χ0n) is 18.8. The minimum atomic E-state index is 0.923. The van der Waals surface area contributed by atoms with E-state index in [0.29, 0.717) is 0 Å². The lowest BCUT2D eigenvalue weighted by Crippen LogP contribution is -1.94. The maximum absolute atomic E-state index is 5.16. The van der Waals surface area contributed by atoms with E-state index in [2.05, 4.69) is 75.0 Å². The molecule has 0 saturated heterocycles. The van der Waals surface area contributed by atoms with Crippen LogP contribution in [0.4, 0.5) is 0 Å². The van der Waals surface area contributed by atoms with Crippen molar-refractivity contribution in [1.29, 1.82) is 0 Å². The molecule has 7 aromatic rings. The van der Waals surface area contributed by atoms with Crippen molar-refractivity contribution < 1.29 is 0 Å². The summed E-state index contributed by atoms with van der Waals surface area (Å²) in [5.41, 5.74) is 15.6. The van der Waals surface area contributed by atoms with Gasteiger partial charge in [0.15, 0.2) is 0 Å². The second-order valence-electron chi connectivity index (χ2n) is 9.69. The molecular weight excluding hydrogens is 428 g/mol. The lowest BCUT2D eigenvalue weighted by atomic mass is 9.94. The highest BCUT2D eigenvalue weighted by Gasteiger charge is 2.30. The number of hydrogen-bond acceptors (Lipinski definition) is 3. The highest BCUT2D eigenvalue weighted by Crippen LogP contribution is 2.50. The van der Waals surface area contributed by atoms with Gasteiger partial charge in [0, 0.05) is 47.4 Å². The Hall–Kier alpha value is -4.57. The van der Waals surface area contributed by atoms with Gasteiger partial charge in [0.05, 0.1) is 16.6 Å². The molecule has 0 N–H and O–H groups in total. The SMILES string of the molecule is c1ccc2c(c1)Cc1ccc3c(c1-2)-c1ccc2nc4c5ccncc5c5cnccc5n4c2c1C3. The molecule has 0 unspecified atom stereocenters. The van der Waals surface area contributed by atoms with Gasteiger partial charge in [-0.3, -0.25) is 14.4 Å². The van der Waals surface area contributed by atoms with Gasteiger partial charge >= 0.3 is 0 Å². The van der Waals surface area contributed by atoms with E-state index >= 15 is 0 Å². The maximum atomic E-state index is 5.16. The molecule has 4 nitrogen and oxygen atoms in total. The Balaban J connectivity index is 1.45. The van der Waals surface area contributed by atoms with Crippen LogP contribution >= 0.6 is 0 Å². The molecule has 0 bridgehead atoms. The van der Waals surface area contributed by atoms with Crippen LogP contribution in [0.15, 0.2) is 85.5 Å². The summed E-state index contributed by atoms with van der Waals surface area (Å²) in [5.74, 6) is 0. The van der Waals surface area contributed by atoms with Crippen LogP contribution in [0.1, 0.15) is 22.3 Å². The third-order valence-corrected chi connectivity index (χ3v) is 8.00. The van der Waals surface area contributed by atoms with E-state index in [9.17, 15) is 0 Å². The van der Waals surface area contributed by atoms with Crippen molar-refractivity contribution in [2.24, 2.45) is 0 Å². The van der Waals surface area contributed by atoms with E-state index in [4.69, 9.17) is 4.98 Å². The van der Waals surface area contributed by atoms with Crippen molar-refractivity contribution in [3.8, 4) is 22.3 Å². The molecule has 0 saturated carbocycles. The Morgan fingerprint density at radius 3 is 2.37 bits per heavy atom. The molecule has 0 radical (unpaired) electrons. The van der Waals surface area contributed by atoms with Crippen LogP contribution in [0.25, 0.3) is 60.6 Å². The number of hydrogen-bond donors (Lipinski definition) is 0. The van der Waals surface area contributed by atoms with E-state index < -0.39 is 0 Å². The van der Waals surface area contributed by atoms with E-state index in [0.717, 1.165) is 45.7 Å². The fourth-order valence-electron chi connectivity index (χ4n) is 6.57. The molecule has 0 spiro atoms. The molecule has 162 valence electrons. The largest absolute Gasteiger partial charge is 0.291 e. The predicted octanol–water partition coefficient (Wildman–Crippen LogP) is 6.73. The van der Waals surface area contributed by atoms with Crippen LogP contribution in [0, 0.1) is 0 Å². The topological polar surface area (TPSA) is 43.1 Å². The Morgan fingerprint density at radius 2 is 1.43 bits per heavy atom. The number of aromatic nitrogens is 4. The van der Waals surface area contributed by atoms with Crippen LogP contribution in [0.5, 0.6) is 0 Å². The second kappa shape index (κ2) is 6.10. The molecule has 0 atom stereocenters. The number of rotatable bonds is 0. The van der Waals surface area contributed by atoms with Crippen molar-refractivity contribution in [3.05, 3.63) is 108 Å². The first-order chi connectivity index (χ1) is 17.4. The molecule has 4 aromatic heterocycles. The average Bonchev–Trinajstić information content (AvgIpc) is 3.59. The lowest BCUT2D eigenvalue weighted by molar-refractivity contribution is 1.22. The Morgan fingerprint density at radius 1 is 0.629 bits per heavy atom. The van der Waals surface area contributed by atoms with Crippen LogP contribution in [-0.4, -0.2) is 19.4 Å². The molecule has 4 heterocycles. The number of imidazole rings is 1. The van der Waals surface area contributed by atoms with Crippen molar-refractivity contribution >= 4 is 38.4 Å². The molecule has 0 amide bonds. The summed E-state index contributed by atoms with van der Waals surface area (Å²) in [7, 11) is 0. The normalized spacial score (nSPS) is 13.5. The van der Waals surface area contributed by atoms with Gasteiger partial charge in [0.25, 0.3) is 0 Å².